The second-order valence-corrected chi connectivity index (χ2v) is 10.8. The van der Waals surface area contributed by atoms with Crippen LogP contribution in [0.2, 0.25) is 0 Å². The van der Waals surface area contributed by atoms with Gasteiger partial charge in [-0.25, -0.2) is 14.2 Å². The van der Waals surface area contributed by atoms with Crippen molar-refractivity contribution >= 4 is 39.2 Å². The predicted octanol–water partition coefficient (Wildman–Crippen LogP) is 4.70. The quantitative estimate of drug-likeness (QED) is 0.420. The molecule has 1 atom stereocenters. The highest BCUT2D eigenvalue weighted by molar-refractivity contribution is 7.87. The van der Waals surface area contributed by atoms with Gasteiger partial charge in [0.1, 0.15) is 22.6 Å². The van der Waals surface area contributed by atoms with Gasteiger partial charge in [0.25, 0.3) is 0 Å². The minimum atomic E-state index is -4.45. The second kappa shape index (κ2) is 9.90. The van der Waals surface area contributed by atoms with E-state index < -0.39 is 29.2 Å². The van der Waals surface area contributed by atoms with E-state index in [0.29, 0.717) is 27.8 Å². The minimum absolute atomic E-state index is 0.0166. The van der Waals surface area contributed by atoms with Crippen LogP contribution in [-0.4, -0.2) is 43.1 Å². The first-order chi connectivity index (χ1) is 16.5. The van der Waals surface area contributed by atoms with Crippen molar-refractivity contribution in [3.63, 3.8) is 0 Å². The molecule has 1 saturated carbocycles. The third-order valence-electron chi connectivity index (χ3n) is 5.18. The van der Waals surface area contributed by atoms with Crippen LogP contribution in [0.25, 0.3) is 11.1 Å². The number of ether oxygens (including phenoxy) is 1. The van der Waals surface area contributed by atoms with Gasteiger partial charge in [-0.3, -0.25) is 14.5 Å². The van der Waals surface area contributed by atoms with Gasteiger partial charge in [0.15, 0.2) is 11.7 Å². The summed E-state index contributed by atoms with van der Waals surface area (Å²) in [6.45, 7) is 2.04. The lowest BCUT2D eigenvalue weighted by atomic mass is 9.89. The Morgan fingerprint density at radius 3 is 2.63 bits per heavy atom. The molecule has 3 aromatic rings. The van der Waals surface area contributed by atoms with Gasteiger partial charge in [-0.05, 0) is 44.9 Å². The zero-order valence-electron chi connectivity index (χ0n) is 18.8. The molecule has 1 aliphatic rings. The Balaban J connectivity index is 1.39. The number of halogens is 3. The molecule has 3 heterocycles. The van der Waals surface area contributed by atoms with E-state index in [4.69, 9.17) is 4.74 Å². The van der Waals surface area contributed by atoms with E-state index in [0.717, 1.165) is 12.8 Å². The summed E-state index contributed by atoms with van der Waals surface area (Å²) in [6, 6.07) is 4.68. The number of anilines is 2. The highest BCUT2D eigenvalue weighted by atomic mass is 32.2. The lowest BCUT2D eigenvalue weighted by Gasteiger charge is -2.21. The van der Waals surface area contributed by atoms with E-state index >= 15 is 0 Å². The molecule has 0 aromatic carbocycles. The van der Waals surface area contributed by atoms with E-state index in [1.807, 2.05) is 0 Å². The first-order valence-electron chi connectivity index (χ1n) is 10.6. The standard InChI is InChI=1S/C22H22F3N5O3S2/c1-21(2,17-11-34-20(28-17)30-35(32)16-4-5-16)19(31)29-18-6-3-13(9-27-18)14-7-15(10-26-8-14)33-12-22(23,24)25/h3,6-11,16H,4-5,12H2,1-2H3,(H,28,30)(H,27,29,31). The summed E-state index contributed by atoms with van der Waals surface area (Å²) in [6.07, 6.45) is 1.57. The maximum atomic E-state index is 13.0. The Morgan fingerprint density at radius 1 is 1.20 bits per heavy atom. The zero-order chi connectivity index (χ0) is 25.2. The molecule has 0 spiro atoms. The van der Waals surface area contributed by atoms with Crippen molar-refractivity contribution in [1.82, 2.24) is 15.0 Å². The summed E-state index contributed by atoms with van der Waals surface area (Å²) in [7, 11) is -1.17. The highest BCUT2D eigenvalue weighted by Gasteiger charge is 2.34. The second-order valence-electron chi connectivity index (χ2n) is 8.46. The predicted molar refractivity (Wildman–Crippen MR) is 128 cm³/mol. The van der Waals surface area contributed by atoms with E-state index in [1.54, 1.807) is 31.4 Å². The highest BCUT2D eigenvalue weighted by Crippen LogP contribution is 2.31. The van der Waals surface area contributed by atoms with Gasteiger partial charge in [0.05, 0.1) is 22.6 Å². The van der Waals surface area contributed by atoms with Crippen molar-refractivity contribution in [3.05, 3.63) is 47.9 Å². The van der Waals surface area contributed by atoms with Crippen LogP contribution in [0.3, 0.4) is 0 Å². The summed E-state index contributed by atoms with van der Waals surface area (Å²) in [5, 5.41) is 5.18. The first-order valence-corrected chi connectivity index (χ1v) is 12.7. The largest absolute Gasteiger partial charge is 0.482 e. The molecule has 0 aliphatic heterocycles. The fraction of sp³-hybridized carbons (Fsp3) is 0.364. The Hall–Kier alpha value is -3.06. The number of pyridine rings is 2. The number of rotatable bonds is 9. The van der Waals surface area contributed by atoms with Crippen LogP contribution >= 0.6 is 11.3 Å². The molecule has 1 amide bonds. The van der Waals surface area contributed by atoms with Crippen LogP contribution in [0.1, 0.15) is 32.4 Å². The number of alkyl halides is 3. The van der Waals surface area contributed by atoms with Crippen LogP contribution in [-0.2, 0) is 21.2 Å². The summed E-state index contributed by atoms with van der Waals surface area (Å²) in [5.74, 6) is -0.0492. The van der Waals surface area contributed by atoms with Crippen LogP contribution in [0, 0.1) is 0 Å². The summed E-state index contributed by atoms with van der Waals surface area (Å²) >= 11 is 1.29. The lowest BCUT2D eigenvalue weighted by Crippen LogP contribution is -2.35. The molecule has 2 N–H and O–H groups in total. The summed E-state index contributed by atoms with van der Waals surface area (Å²) in [5.41, 5.74) is 0.660. The molecule has 8 nitrogen and oxygen atoms in total. The number of hydrogen-bond acceptors (Lipinski definition) is 7. The Kier molecular flexibility index (Phi) is 7.08. The van der Waals surface area contributed by atoms with Crippen molar-refractivity contribution in [3.8, 4) is 16.9 Å². The molecule has 1 fully saturated rings. The molecule has 0 saturated heterocycles. The van der Waals surface area contributed by atoms with Crippen molar-refractivity contribution in [1.29, 1.82) is 0 Å². The molecule has 4 rings (SSSR count). The maximum absolute atomic E-state index is 13.0. The first kappa shape index (κ1) is 25.0. The monoisotopic (exact) mass is 525 g/mol. The van der Waals surface area contributed by atoms with Gasteiger partial charge in [0.2, 0.25) is 5.91 Å². The topological polar surface area (TPSA) is 106 Å². The fourth-order valence-corrected chi connectivity index (χ4v) is 5.02. The molecule has 1 aliphatic carbocycles. The Morgan fingerprint density at radius 2 is 1.97 bits per heavy atom. The number of hydrogen-bond donors (Lipinski definition) is 2. The van der Waals surface area contributed by atoms with Crippen molar-refractivity contribution in [2.24, 2.45) is 0 Å². The van der Waals surface area contributed by atoms with Crippen LogP contribution in [0.4, 0.5) is 24.1 Å². The number of nitrogens with one attached hydrogen (secondary N) is 2. The molecular formula is C22H22F3N5O3S2. The van der Waals surface area contributed by atoms with Crippen LogP contribution in [0.5, 0.6) is 5.75 Å². The smallest absolute Gasteiger partial charge is 0.422 e. The number of carbonyl (C=O) groups is 1. The number of aromatic nitrogens is 3. The van der Waals surface area contributed by atoms with E-state index in [9.17, 15) is 22.2 Å². The van der Waals surface area contributed by atoms with Crippen LogP contribution < -0.4 is 14.8 Å². The van der Waals surface area contributed by atoms with Crippen molar-refractivity contribution in [2.75, 3.05) is 16.6 Å². The fourth-order valence-electron chi connectivity index (χ4n) is 2.91. The van der Waals surface area contributed by atoms with Crippen LogP contribution in [0.15, 0.2) is 42.2 Å². The van der Waals surface area contributed by atoms with Crippen molar-refractivity contribution in [2.45, 2.75) is 43.5 Å². The van der Waals surface area contributed by atoms with E-state index in [1.165, 1.54) is 36.0 Å². The molecule has 0 radical (unpaired) electrons. The van der Waals surface area contributed by atoms with Gasteiger partial charge < -0.3 is 10.1 Å². The zero-order valence-corrected chi connectivity index (χ0v) is 20.4. The number of nitrogens with zero attached hydrogens (tertiary/aromatic N) is 3. The van der Waals surface area contributed by atoms with Gasteiger partial charge in [-0.1, -0.05) is 0 Å². The molecule has 3 aromatic heterocycles. The summed E-state index contributed by atoms with van der Waals surface area (Å²) < 4.78 is 56.8. The average molecular weight is 526 g/mol. The average Bonchev–Trinajstić information content (AvgIpc) is 3.56. The van der Waals surface area contributed by atoms with Gasteiger partial charge in [-0.15, -0.1) is 11.3 Å². The molecule has 13 heteroatoms. The molecule has 186 valence electrons. The normalized spacial score (nSPS) is 14.9. The molecule has 35 heavy (non-hydrogen) atoms. The number of amides is 1. The third-order valence-corrected chi connectivity index (χ3v) is 7.54. The van der Waals surface area contributed by atoms with E-state index in [-0.39, 0.29) is 16.9 Å². The maximum Gasteiger partial charge on any atom is 0.422 e. The van der Waals surface area contributed by atoms with Gasteiger partial charge in [-0.2, -0.15) is 13.2 Å². The van der Waals surface area contributed by atoms with Crippen molar-refractivity contribution < 1.29 is 26.9 Å². The molecule has 0 bridgehead atoms. The number of carbonyl (C=O) groups excluding carboxylic acids is 1. The minimum Gasteiger partial charge on any atom is -0.482 e. The van der Waals surface area contributed by atoms with Gasteiger partial charge in [0, 0.05) is 28.9 Å². The Labute approximate surface area is 206 Å². The van der Waals surface area contributed by atoms with E-state index in [2.05, 4.69) is 25.0 Å². The lowest BCUT2D eigenvalue weighted by molar-refractivity contribution is -0.153. The third kappa shape index (κ3) is 6.54. The molecular weight excluding hydrogens is 503 g/mol. The summed E-state index contributed by atoms with van der Waals surface area (Å²) in [4.78, 5) is 25.5. The van der Waals surface area contributed by atoms with Gasteiger partial charge >= 0.3 is 6.18 Å². The number of thiazole rings is 1. The SMILES string of the molecule is CC(C)(C(=O)Nc1ccc(-c2cncc(OCC(F)(F)F)c2)cn1)c1csc(NS(=O)C2CC2)n1. The Bertz CT molecular complexity index is 1230. The molecule has 1 unspecified atom stereocenters.